The monoisotopic (exact) mass is 467 g/mol. The van der Waals surface area contributed by atoms with Gasteiger partial charge in [-0.1, -0.05) is 54.6 Å². The molecule has 5 rings (SSSR count). The summed E-state index contributed by atoms with van der Waals surface area (Å²) >= 11 is 0. The maximum absolute atomic E-state index is 12.2. The average molecular weight is 468 g/mol. The zero-order chi connectivity index (χ0) is 24.2. The molecule has 8 heteroatoms. The second-order valence-corrected chi connectivity index (χ2v) is 8.58. The Hall–Kier alpha value is -4.30. The second-order valence-electron chi connectivity index (χ2n) is 8.58. The first-order valence-electron chi connectivity index (χ1n) is 11.5. The van der Waals surface area contributed by atoms with Crippen LogP contribution in [0, 0.1) is 10.1 Å². The van der Waals surface area contributed by atoms with Crippen molar-refractivity contribution in [3.05, 3.63) is 111 Å². The first-order chi connectivity index (χ1) is 17.0. The third kappa shape index (κ3) is 5.28. The van der Waals surface area contributed by atoms with Crippen molar-refractivity contribution in [3.8, 4) is 22.5 Å². The topological polar surface area (TPSA) is 95.4 Å². The number of nitro benzene ring substituents is 1. The molecule has 1 aliphatic heterocycles. The van der Waals surface area contributed by atoms with Crippen LogP contribution in [0.4, 0.5) is 11.4 Å². The molecule has 1 fully saturated rings. The number of aromatic nitrogens is 2. The molecule has 176 valence electrons. The number of hydrogen-bond acceptors (Lipinski definition) is 6. The SMILES string of the molecule is O=c1nc(-c2ccccc2)cc(-c2ccc(CN3CCN(c4ccc([N+](=O)[O-])cc4)CC3)cc2)[nH]1. The van der Waals surface area contributed by atoms with Gasteiger partial charge in [-0.3, -0.25) is 15.0 Å². The molecule has 0 atom stereocenters. The lowest BCUT2D eigenvalue weighted by Crippen LogP contribution is -2.45. The lowest BCUT2D eigenvalue weighted by Gasteiger charge is -2.36. The fourth-order valence-corrected chi connectivity index (χ4v) is 4.37. The smallest absolute Gasteiger partial charge is 0.345 e. The lowest BCUT2D eigenvalue weighted by atomic mass is 10.1. The predicted molar refractivity (Wildman–Crippen MR) is 136 cm³/mol. The fourth-order valence-electron chi connectivity index (χ4n) is 4.37. The average Bonchev–Trinajstić information content (AvgIpc) is 2.90. The molecule has 1 N–H and O–H groups in total. The molecule has 0 spiro atoms. The van der Waals surface area contributed by atoms with Crippen molar-refractivity contribution in [1.82, 2.24) is 14.9 Å². The zero-order valence-corrected chi connectivity index (χ0v) is 19.1. The molecule has 0 radical (unpaired) electrons. The van der Waals surface area contributed by atoms with Crippen molar-refractivity contribution in [2.45, 2.75) is 6.54 Å². The van der Waals surface area contributed by atoms with E-state index >= 15 is 0 Å². The maximum Gasteiger partial charge on any atom is 0.345 e. The van der Waals surface area contributed by atoms with Crippen LogP contribution >= 0.6 is 0 Å². The Bertz CT molecular complexity index is 1360. The normalized spacial score (nSPS) is 14.1. The van der Waals surface area contributed by atoms with Gasteiger partial charge in [-0.15, -0.1) is 0 Å². The minimum Gasteiger partial charge on any atom is -0.369 e. The van der Waals surface area contributed by atoms with Crippen LogP contribution < -0.4 is 10.6 Å². The molecule has 0 aliphatic carbocycles. The van der Waals surface area contributed by atoms with E-state index in [0.29, 0.717) is 5.69 Å². The van der Waals surface area contributed by atoms with E-state index in [4.69, 9.17) is 0 Å². The Morgan fingerprint density at radius 3 is 2.20 bits per heavy atom. The van der Waals surface area contributed by atoms with Crippen molar-refractivity contribution in [2.75, 3.05) is 31.1 Å². The number of nitrogens with zero attached hydrogens (tertiary/aromatic N) is 4. The molecule has 35 heavy (non-hydrogen) atoms. The molecule has 0 unspecified atom stereocenters. The minimum absolute atomic E-state index is 0.114. The standard InChI is InChI=1S/C27H25N5O3/c33-27-28-25(21-4-2-1-3-5-21)18-26(29-27)22-8-6-20(7-9-22)19-30-14-16-31(17-15-30)23-10-12-24(13-11-23)32(34)35/h1-13,18H,14-17,19H2,(H,28,29,33). The number of rotatable bonds is 6. The van der Waals surface area contributed by atoms with Crippen molar-refractivity contribution >= 4 is 11.4 Å². The van der Waals surface area contributed by atoms with Gasteiger partial charge >= 0.3 is 5.69 Å². The first kappa shape index (κ1) is 22.5. The Balaban J connectivity index is 1.22. The van der Waals surface area contributed by atoms with Crippen LogP contribution in [-0.4, -0.2) is 46.0 Å². The van der Waals surface area contributed by atoms with Gasteiger partial charge in [0.15, 0.2) is 0 Å². The van der Waals surface area contributed by atoms with Crippen LogP contribution in [0.1, 0.15) is 5.56 Å². The number of nitrogens with one attached hydrogen (secondary N) is 1. The number of benzene rings is 3. The van der Waals surface area contributed by atoms with Gasteiger partial charge in [0.2, 0.25) is 0 Å². The molecule has 4 aromatic rings. The van der Waals surface area contributed by atoms with Crippen LogP contribution in [0.2, 0.25) is 0 Å². The molecular weight excluding hydrogens is 442 g/mol. The van der Waals surface area contributed by atoms with Gasteiger partial charge in [0.25, 0.3) is 5.69 Å². The van der Waals surface area contributed by atoms with Gasteiger partial charge < -0.3 is 9.88 Å². The van der Waals surface area contributed by atoms with Crippen molar-refractivity contribution in [2.24, 2.45) is 0 Å². The van der Waals surface area contributed by atoms with E-state index in [0.717, 1.165) is 55.2 Å². The summed E-state index contributed by atoms with van der Waals surface area (Å²) in [6.07, 6.45) is 0. The molecule has 0 saturated carbocycles. The number of non-ortho nitro benzene ring substituents is 1. The summed E-state index contributed by atoms with van der Waals surface area (Å²) in [6, 6.07) is 26.6. The predicted octanol–water partition coefficient (Wildman–Crippen LogP) is 4.33. The molecule has 2 heterocycles. The quantitative estimate of drug-likeness (QED) is 0.335. The van der Waals surface area contributed by atoms with E-state index < -0.39 is 0 Å². The van der Waals surface area contributed by atoms with Gasteiger partial charge in [0.05, 0.1) is 16.3 Å². The second kappa shape index (κ2) is 9.90. The number of H-pyrrole nitrogens is 1. The Morgan fingerprint density at radius 2 is 1.54 bits per heavy atom. The number of hydrogen-bond donors (Lipinski definition) is 1. The van der Waals surface area contributed by atoms with Crippen molar-refractivity contribution < 1.29 is 4.92 Å². The molecule has 1 aromatic heterocycles. The Labute approximate surface area is 202 Å². The molecule has 1 aliphatic rings. The van der Waals surface area contributed by atoms with Crippen LogP contribution in [0.15, 0.2) is 89.7 Å². The highest BCUT2D eigenvalue weighted by Crippen LogP contribution is 2.24. The zero-order valence-electron chi connectivity index (χ0n) is 19.1. The summed E-state index contributed by atoms with van der Waals surface area (Å²) in [5, 5.41) is 10.9. The minimum atomic E-state index is -0.373. The van der Waals surface area contributed by atoms with Crippen LogP contribution in [0.3, 0.4) is 0 Å². The summed E-state index contributed by atoms with van der Waals surface area (Å²) in [5.41, 5.74) is 5.21. The van der Waals surface area contributed by atoms with Crippen LogP contribution in [0.25, 0.3) is 22.5 Å². The largest absolute Gasteiger partial charge is 0.369 e. The summed E-state index contributed by atoms with van der Waals surface area (Å²) in [5.74, 6) is 0. The third-order valence-electron chi connectivity index (χ3n) is 6.28. The lowest BCUT2D eigenvalue weighted by molar-refractivity contribution is -0.384. The van der Waals surface area contributed by atoms with E-state index in [1.807, 2.05) is 60.7 Å². The van der Waals surface area contributed by atoms with E-state index in [1.54, 1.807) is 12.1 Å². The van der Waals surface area contributed by atoms with Gasteiger partial charge in [-0.2, -0.15) is 4.98 Å². The maximum atomic E-state index is 12.2. The van der Waals surface area contributed by atoms with Gasteiger partial charge in [-0.05, 0) is 29.3 Å². The van der Waals surface area contributed by atoms with E-state index in [1.165, 1.54) is 5.56 Å². The van der Waals surface area contributed by atoms with Crippen LogP contribution in [0.5, 0.6) is 0 Å². The van der Waals surface area contributed by atoms with Crippen LogP contribution in [-0.2, 0) is 6.54 Å². The summed E-state index contributed by atoms with van der Waals surface area (Å²) in [6.45, 7) is 4.41. The number of nitro groups is 1. The fraction of sp³-hybridized carbons (Fsp3) is 0.185. The van der Waals surface area contributed by atoms with E-state index in [2.05, 4.69) is 31.9 Å². The number of anilines is 1. The Kier molecular flexibility index (Phi) is 6.36. The molecule has 8 nitrogen and oxygen atoms in total. The number of piperazine rings is 1. The molecule has 1 saturated heterocycles. The summed E-state index contributed by atoms with van der Waals surface area (Å²) in [7, 11) is 0. The van der Waals surface area contributed by atoms with Gasteiger partial charge in [-0.25, -0.2) is 4.79 Å². The molecule has 0 amide bonds. The molecule has 3 aromatic carbocycles. The highest BCUT2D eigenvalue weighted by atomic mass is 16.6. The first-order valence-corrected chi connectivity index (χ1v) is 11.5. The number of aromatic amines is 1. The molecular formula is C27H25N5O3. The highest BCUT2D eigenvalue weighted by molar-refractivity contribution is 5.67. The third-order valence-corrected chi connectivity index (χ3v) is 6.28. The summed E-state index contributed by atoms with van der Waals surface area (Å²) < 4.78 is 0. The van der Waals surface area contributed by atoms with Gasteiger partial charge in [0.1, 0.15) is 0 Å². The molecule has 0 bridgehead atoms. The van der Waals surface area contributed by atoms with Crippen molar-refractivity contribution in [3.63, 3.8) is 0 Å². The highest BCUT2D eigenvalue weighted by Gasteiger charge is 2.18. The Morgan fingerprint density at radius 1 is 0.857 bits per heavy atom. The van der Waals surface area contributed by atoms with E-state index in [9.17, 15) is 14.9 Å². The van der Waals surface area contributed by atoms with Crippen molar-refractivity contribution in [1.29, 1.82) is 0 Å². The van der Waals surface area contributed by atoms with E-state index in [-0.39, 0.29) is 16.3 Å². The summed E-state index contributed by atoms with van der Waals surface area (Å²) in [4.78, 5) is 34.3. The van der Waals surface area contributed by atoms with Gasteiger partial charge in [0, 0.05) is 56.1 Å².